The van der Waals surface area contributed by atoms with E-state index in [-0.39, 0.29) is 23.5 Å². The summed E-state index contributed by atoms with van der Waals surface area (Å²) in [5.41, 5.74) is -1.47. The summed E-state index contributed by atoms with van der Waals surface area (Å²) >= 11 is 0. The zero-order valence-corrected chi connectivity index (χ0v) is 15.7. The molecule has 0 spiro atoms. The van der Waals surface area contributed by atoms with Crippen LogP contribution in [0.5, 0.6) is 0 Å². The third-order valence-electron chi connectivity index (χ3n) is 5.01. The van der Waals surface area contributed by atoms with Gasteiger partial charge in [0, 0.05) is 30.5 Å². The number of Topliss-reactive ketones (excluding diaryl/α,β-unsaturated/α-hetero) is 1. The lowest BCUT2D eigenvalue weighted by atomic mass is 9.63. The van der Waals surface area contributed by atoms with Crippen LogP contribution in [0.1, 0.15) is 37.0 Å². The van der Waals surface area contributed by atoms with E-state index >= 15 is 0 Å². The van der Waals surface area contributed by atoms with Crippen molar-refractivity contribution in [3.8, 4) is 6.07 Å². The maximum atomic E-state index is 13.9. The van der Waals surface area contributed by atoms with Gasteiger partial charge in [-0.25, -0.2) is 8.78 Å². The van der Waals surface area contributed by atoms with E-state index in [1.54, 1.807) is 26.0 Å². The second-order valence-electron chi connectivity index (χ2n) is 7.60. The highest BCUT2D eigenvalue weighted by Gasteiger charge is 2.43. The fraction of sp³-hybridized carbons (Fsp3) is 0.381. The Morgan fingerprint density at radius 1 is 1.41 bits per heavy atom. The van der Waals surface area contributed by atoms with Gasteiger partial charge in [-0.3, -0.25) is 9.59 Å². The Hall–Kier alpha value is -2.81. The first-order valence-corrected chi connectivity index (χ1v) is 8.57. The number of carbonyl (C=O) groups is 2. The molecular weight excluding hydrogens is 350 g/mol. The van der Waals surface area contributed by atoms with Gasteiger partial charge in [0.1, 0.15) is 17.7 Å². The highest BCUT2D eigenvalue weighted by Crippen LogP contribution is 2.45. The van der Waals surface area contributed by atoms with Crippen molar-refractivity contribution < 1.29 is 18.4 Å². The molecule has 1 aromatic rings. The Labute approximate surface area is 157 Å². The Kier molecular flexibility index (Phi) is 5.65. The summed E-state index contributed by atoms with van der Waals surface area (Å²) in [6.45, 7) is 7.66. The van der Waals surface area contributed by atoms with E-state index in [1.807, 2.05) is 6.07 Å². The van der Waals surface area contributed by atoms with Crippen molar-refractivity contribution in [2.75, 3.05) is 13.6 Å². The molecule has 0 fully saturated rings. The highest BCUT2D eigenvalue weighted by molar-refractivity contribution is 6.03. The molecule has 6 heteroatoms. The number of amides is 1. The lowest BCUT2D eigenvalue weighted by molar-refractivity contribution is -0.125. The SMILES string of the molecule is C=C[C@@]1(CCN(C)C(=O)c2ccc(F)cc2F)C=C(C#N)C(=O)C(C)(C)C1. The molecule has 0 radical (unpaired) electrons. The molecule has 0 heterocycles. The Morgan fingerprint density at radius 2 is 2.07 bits per heavy atom. The number of nitriles is 1. The summed E-state index contributed by atoms with van der Waals surface area (Å²) in [7, 11) is 1.52. The number of allylic oxidation sites excluding steroid dienone is 3. The number of hydrogen-bond acceptors (Lipinski definition) is 3. The van der Waals surface area contributed by atoms with Gasteiger partial charge in [-0.1, -0.05) is 26.0 Å². The molecule has 0 unspecified atom stereocenters. The van der Waals surface area contributed by atoms with Gasteiger partial charge in [0.2, 0.25) is 0 Å². The average Bonchev–Trinajstić information content (AvgIpc) is 2.61. The smallest absolute Gasteiger partial charge is 0.256 e. The van der Waals surface area contributed by atoms with E-state index in [0.29, 0.717) is 18.9 Å². The number of carbonyl (C=O) groups excluding carboxylic acids is 2. The van der Waals surface area contributed by atoms with Crippen LogP contribution in [0.4, 0.5) is 8.78 Å². The molecule has 1 aliphatic rings. The van der Waals surface area contributed by atoms with E-state index in [2.05, 4.69) is 6.58 Å². The lowest BCUT2D eigenvalue weighted by Gasteiger charge is -2.40. The van der Waals surface area contributed by atoms with E-state index < -0.39 is 28.4 Å². The zero-order valence-electron chi connectivity index (χ0n) is 15.7. The monoisotopic (exact) mass is 372 g/mol. The summed E-state index contributed by atoms with van der Waals surface area (Å²) in [6, 6.07) is 4.76. The molecule has 1 aromatic carbocycles. The summed E-state index contributed by atoms with van der Waals surface area (Å²) in [5.74, 6) is -2.44. The molecular formula is C21H22F2N2O2. The number of nitrogens with zero attached hydrogens (tertiary/aromatic N) is 2. The first-order valence-electron chi connectivity index (χ1n) is 8.57. The summed E-state index contributed by atoms with van der Waals surface area (Å²) in [5, 5.41) is 9.28. The van der Waals surface area contributed by atoms with Crippen LogP contribution < -0.4 is 0 Å². The molecule has 0 N–H and O–H groups in total. The van der Waals surface area contributed by atoms with Crippen LogP contribution in [0.25, 0.3) is 0 Å². The van der Waals surface area contributed by atoms with Crippen molar-refractivity contribution in [2.24, 2.45) is 10.8 Å². The third-order valence-corrected chi connectivity index (χ3v) is 5.01. The molecule has 0 saturated heterocycles. The van der Waals surface area contributed by atoms with Crippen LogP contribution in [0, 0.1) is 33.8 Å². The molecule has 0 aromatic heterocycles. The molecule has 0 aliphatic heterocycles. The first kappa shape index (κ1) is 20.5. The number of halogens is 2. The van der Waals surface area contributed by atoms with Gasteiger partial charge >= 0.3 is 0 Å². The minimum absolute atomic E-state index is 0.0877. The molecule has 1 aliphatic carbocycles. The highest BCUT2D eigenvalue weighted by atomic mass is 19.1. The molecule has 1 amide bonds. The van der Waals surface area contributed by atoms with E-state index in [0.717, 1.165) is 12.1 Å². The van der Waals surface area contributed by atoms with Gasteiger partial charge in [0.05, 0.1) is 11.1 Å². The maximum Gasteiger partial charge on any atom is 0.256 e. The van der Waals surface area contributed by atoms with Crippen molar-refractivity contribution in [3.05, 3.63) is 59.7 Å². The zero-order chi connectivity index (χ0) is 20.4. The molecule has 2 rings (SSSR count). The van der Waals surface area contributed by atoms with Gasteiger partial charge in [0.15, 0.2) is 5.78 Å². The minimum atomic E-state index is -0.915. The van der Waals surface area contributed by atoms with Gasteiger partial charge in [-0.05, 0) is 25.0 Å². The predicted molar refractivity (Wildman–Crippen MR) is 97.7 cm³/mol. The van der Waals surface area contributed by atoms with Crippen LogP contribution >= 0.6 is 0 Å². The average molecular weight is 372 g/mol. The van der Waals surface area contributed by atoms with Crippen LogP contribution in [0.15, 0.2) is 42.5 Å². The van der Waals surface area contributed by atoms with E-state index in [4.69, 9.17) is 0 Å². The maximum absolute atomic E-state index is 13.9. The fourth-order valence-corrected chi connectivity index (χ4v) is 3.49. The van der Waals surface area contributed by atoms with Crippen molar-refractivity contribution in [1.82, 2.24) is 4.90 Å². The molecule has 4 nitrogen and oxygen atoms in total. The normalized spacial score (nSPS) is 21.2. The van der Waals surface area contributed by atoms with Crippen LogP contribution in [-0.2, 0) is 4.79 Å². The van der Waals surface area contributed by atoms with E-state index in [1.165, 1.54) is 11.9 Å². The molecule has 1 atom stereocenters. The van der Waals surface area contributed by atoms with Crippen molar-refractivity contribution in [2.45, 2.75) is 26.7 Å². The van der Waals surface area contributed by atoms with Crippen molar-refractivity contribution >= 4 is 11.7 Å². The van der Waals surface area contributed by atoms with Gasteiger partial charge in [0.25, 0.3) is 5.91 Å². The lowest BCUT2D eigenvalue weighted by Crippen LogP contribution is -2.40. The van der Waals surface area contributed by atoms with Crippen LogP contribution in [0.2, 0.25) is 0 Å². The fourth-order valence-electron chi connectivity index (χ4n) is 3.49. The quantitative estimate of drug-likeness (QED) is 0.733. The van der Waals surface area contributed by atoms with Crippen molar-refractivity contribution in [3.63, 3.8) is 0 Å². The topological polar surface area (TPSA) is 61.2 Å². The minimum Gasteiger partial charge on any atom is -0.342 e. The number of benzene rings is 1. The second-order valence-corrected chi connectivity index (χ2v) is 7.60. The molecule has 0 bridgehead atoms. The molecule has 27 heavy (non-hydrogen) atoms. The molecule has 142 valence electrons. The Bertz CT molecular complexity index is 867. The van der Waals surface area contributed by atoms with Gasteiger partial charge in [-0.15, -0.1) is 6.58 Å². The standard InChI is InChI=1S/C21H22F2N2O2/c1-5-21(11-14(12-24)18(26)20(2,3)13-21)8-9-25(4)19(27)16-7-6-15(22)10-17(16)23/h5-7,10-11H,1,8-9,13H2,2-4H3/t21-/m1/s1. The van der Waals surface area contributed by atoms with Crippen LogP contribution in [0.3, 0.4) is 0 Å². The largest absolute Gasteiger partial charge is 0.342 e. The Morgan fingerprint density at radius 3 is 2.63 bits per heavy atom. The van der Waals surface area contributed by atoms with Crippen molar-refractivity contribution in [1.29, 1.82) is 5.26 Å². The predicted octanol–water partition coefficient (Wildman–Crippen LogP) is 4.05. The number of hydrogen-bond donors (Lipinski definition) is 0. The summed E-state index contributed by atoms with van der Waals surface area (Å²) in [4.78, 5) is 26.1. The van der Waals surface area contributed by atoms with Crippen LogP contribution in [-0.4, -0.2) is 30.2 Å². The van der Waals surface area contributed by atoms with Gasteiger partial charge < -0.3 is 4.90 Å². The van der Waals surface area contributed by atoms with E-state index in [9.17, 15) is 23.6 Å². The third kappa shape index (κ3) is 4.13. The summed E-state index contributed by atoms with van der Waals surface area (Å²) < 4.78 is 26.9. The molecule has 0 saturated carbocycles. The number of rotatable bonds is 5. The number of ketones is 1. The second kappa shape index (κ2) is 7.43. The first-order chi connectivity index (χ1) is 12.5. The Balaban J connectivity index is 2.21. The summed E-state index contributed by atoms with van der Waals surface area (Å²) in [6.07, 6.45) is 4.18. The van der Waals surface area contributed by atoms with Gasteiger partial charge in [-0.2, -0.15) is 5.26 Å².